The average Bonchev–Trinajstić information content (AvgIpc) is 3.22. The van der Waals surface area contributed by atoms with Crippen molar-refractivity contribution in [1.29, 1.82) is 0 Å². The Morgan fingerprint density at radius 2 is 2.00 bits per heavy atom. The minimum absolute atomic E-state index is 0.158. The molecule has 26 heavy (non-hydrogen) atoms. The number of carboxylic acids is 1. The van der Waals surface area contributed by atoms with Gasteiger partial charge in [-0.3, -0.25) is 9.89 Å². The normalized spacial score (nSPS) is 10.7. The van der Waals surface area contributed by atoms with E-state index in [0.717, 1.165) is 16.9 Å². The van der Waals surface area contributed by atoms with Crippen molar-refractivity contribution in [3.05, 3.63) is 51.6 Å². The van der Waals surface area contributed by atoms with Gasteiger partial charge in [-0.15, -0.1) is 11.3 Å². The smallest absolute Gasteiger partial charge is 0.347 e. The predicted molar refractivity (Wildman–Crippen MR) is 95.5 cm³/mol. The molecule has 2 heterocycles. The number of hydrogen-bond acceptors (Lipinski definition) is 6. The van der Waals surface area contributed by atoms with Gasteiger partial charge in [0.15, 0.2) is 0 Å². The van der Waals surface area contributed by atoms with E-state index in [-0.39, 0.29) is 16.5 Å². The van der Waals surface area contributed by atoms with Gasteiger partial charge in [0.05, 0.1) is 16.4 Å². The lowest BCUT2D eigenvalue weighted by atomic mass is 10.1. The summed E-state index contributed by atoms with van der Waals surface area (Å²) in [5, 5.41) is 28.5. The van der Waals surface area contributed by atoms with Crippen molar-refractivity contribution in [3.63, 3.8) is 0 Å². The van der Waals surface area contributed by atoms with E-state index in [1.807, 2.05) is 0 Å². The number of phenolic OH excluding ortho intramolecular Hbond substituents is 1. The Morgan fingerprint density at radius 3 is 2.65 bits per heavy atom. The van der Waals surface area contributed by atoms with Crippen LogP contribution < -0.4 is 5.32 Å². The highest BCUT2D eigenvalue weighted by atomic mass is 32.1. The quantitative estimate of drug-likeness (QED) is 0.525. The van der Waals surface area contributed by atoms with E-state index >= 15 is 0 Å². The van der Waals surface area contributed by atoms with Crippen LogP contribution in [0.3, 0.4) is 0 Å². The van der Waals surface area contributed by atoms with Gasteiger partial charge in [-0.2, -0.15) is 5.10 Å². The number of hydrogen-bond donors (Lipinski definition) is 4. The van der Waals surface area contributed by atoms with Crippen LogP contribution in [0.4, 0.5) is 0 Å². The number of carbonyl (C=O) groups excluding carboxylic acids is 1. The number of H-pyrrole nitrogens is 1. The Bertz CT molecular complexity index is 946. The fourth-order valence-corrected chi connectivity index (χ4v) is 3.26. The molecular formula is C17H16N4O4S. The van der Waals surface area contributed by atoms with E-state index in [4.69, 9.17) is 5.11 Å². The van der Waals surface area contributed by atoms with E-state index < -0.39 is 5.97 Å². The molecule has 0 radical (unpaired) electrons. The molecule has 1 aromatic carbocycles. The molecule has 0 unspecified atom stereocenters. The molecule has 0 bridgehead atoms. The summed E-state index contributed by atoms with van der Waals surface area (Å²) in [5.74, 6) is -1.14. The first-order valence-electron chi connectivity index (χ1n) is 7.76. The molecule has 4 N–H and O–H groups in total. The number of thiazole rings is 1. The summed E-state index contributed by atoms with van der Waals surface area (Å²) in [6.45, 7) is 1.98. The van der Waals surface area contributed by atoms with Crippen LogP contribution in [-0.2, 0) is 6.42 Å². The summed E-state index contributed by atoms with van der Waals surface area (Å²) in [6, 6.07) is 8.13. The topological polar surface area (TPSA) is 128 Å². The summed E-state index contributed by atoms with van der Waals surface area (Å²) in [7, 11) is 0. The van der Waals surface area contributed by atoms with Crippen molar-refractivity contribution in [2.45, 2.75) is 13.3 Å². The number of aromatic nitrogens is 3. The number of benzene rings is 1. The van der Waals surface area contributed by atoms with Crippen LogP contribution in [0.1, 0.15) is 30.9 Å². The summed E-state index contributed by atoms with van der Waals surface area (Å²) in [4.78, 5) is 27.6. The molecule has 134 valence electrons. The second-order valence-corrected chi connectivity index (χ2v) is 6.63. The van der Waals surface area contributed by atoms with Gasteiger partial charge in [0.2, 0.25) is 0 Å². The number of aromatic amines is 1. The van der Waals surface area contributed by atoms with E-state index in [0.29, 0.717) is 35.1 Å². The predicted octanol–water partition coefficient (Wildman–Crippen LogP) is 2.22. The van der Waals surface area contributed by atoms with Crippen molar-refractivity contribution in [2.24, 2.45) is 0 Å². The zero-order valence-corrected chi connectivity index (χ0v) is 14.6. The molecule has 0 aliphatic rings. The molecule has 2 aromatic heterocycles. The number of carboxylic acid groups (broad SMARTS) is 1. The third-order valence-electron chi connectivity index (χ3n) is 3.65. The molecule has 0 aliphatic carbocycles. The van der Waals surface area contributed by atoms with Gasteiger partial charge in [0, 0.05) is 18.5 Å². The van der Waals surface area contributed by atoms with Crippen LogP contribution >= 0.6 is 11.3 Å². The summed E-state index contributed by atoms with van der Waals surface area (Å²) in [5.41, 5.74) is 2.17. The third-order valence-corrected chi connectivity index (χ3v) is 4.85. The molecule has 3 aromatic rings. The van der Waals surface area contributed by atoms with Crippen LogP contribution in [0.25, 0.3) is 11.3 Å². The molecular weight excluding hydrogens is 356 g/mol. The molecule has 8 nitrogen and oxygen atoms in total. The van der Waals surface area contributed by atoms with Gasteiger partial charge in [-0.25, -0.2) is 9.78 Å². The van der Waals surface area contributed by atoms with Crippen molar-refractivity contribution < 1.29 is 19.8 Å². The minimum atomic E-state index is -0.991. The average molecular weight is 372 g/mol. The van der Waals surface area contributed by atoms with Crippen LogP contribution in [0.5, 0.6) is 5.75 Å². The maximum Gasteiger partial charge on any atom is 0.347 e. The number of rotatable bonds is 6. The number of amides is 1. The second-order valence-electron chi connectivity index (χ2n) is 5.55. The monoisotopic (exact) mass is 372 g/mol. The molecule has 0 saturated heterocycles. The first-order valence-corrected chi connectivity index (χ1v) is 8.58. The zero-order chi connectivity index (χ0) is 18.7. The summed E-state index contributed by atoms with van der Waals surface area (Å²) >= 11 is 1.12. The molecule has 0 aliphatic heterocycles. The number of nitrogens with one attached hydrogen (secondary N) is 2. The zero-order valence-electron chi connectivity index (χ0n) is 13.8. The van der Waals surface area contributed by atoms with Crippen LogP contribution in [0.2, 0.25) is 0 Å². The maximum atomic E-state index is 12.2. The largest absolute Gasteiger partial charge is 0.508 e. The molecule has 0 spiro atoms. The minimum Gasteiger partial charge on any atom is -0.508 e. The van der Waals surface area contributed by atoms with E-state index in [1.54, 1.807) is 37.3 Å². The van der Waals surface area contributed by atoms with Gasteiger partial charge in [0.1, 0.15) is 16.3 Å². The lowest BCUT2D eigenvalue weighted by molar-refractivity contribution is 0.0701. The Kier molecular flexibility index (Phi) is 4.99. The van der Waals surface area contributed by atoms with Crippen LogP contribution in [0.15, 0.2) is 30.3 Å². The number of aryl methyl sites for hydroxylation is 1. The van der Waals surface area contributed by atoms with Gasteiger partial charge < -0.3 is 15.5 Å². The Morgan fingerprint density at radius 1 is 1.27 bits per heavy atom. The summed E-state index contributed by atoms with van der Waals surface area (Å²) in [6.07, 6.45) is 0.448. The lowest BCUT2D eigenvalue weighted by Crippen LogP contribution is -2.26. The van der Waals surface area contributed by atoms with Crippen LogP contribution in [-0.4, -0.2) is 43.8 Å². The third kappa shape index (κ3) is 3.89. The van der Waals surface area contributed by atoms with Crippen molar-refractivity contribution >= 4 is 23.2 Å². The van der Waals surface area contributed by atoms with Gasteiger partial charge in [-0.1, -0.05) is 0 Å². The highest BCUT2D eigenvalue weighted by Crippen LogP contribution is 2.21. The highest BCUT2D eigenvalue weighted by molar-refractivity contribution is 7.13. The number of carbonyl (C=O) groups is 2. The van der Waals surface area contributed by atoms with Crippen molar-refractivity contribution in [1.82, 2.24) is 20.5 Å². The molecule has 0 fully saturated rings. The maximum absolute atomic E-state index is 12.2. The standard InChI is InChI=1S/C17H16N4O4S/c1-9-15(17(24)25)26-14(19-9)6-7-18-16(23)13-8-12(20-21-13)10-2-4-11(22)5-3-10/h2-5,8,22H,6-7H2,1H3,(H,18,23)(H,20,21)(H,24,25). The lowest BCUT2D eigenvalue weighted by Gasteiger charge is -2.01. The number of nitrogens with zero attached hydrogens (tertiary/aromatic N) is 2. The summed E-state index contributed by atoms with van der Waals surface area (Å²) < 4.78 is 0. The first kappa shape index (κ1) is 17.6. The fourth-order valence-electron chi connectivity index (χ4n) is 2.35. The number of aromatic hydroxyl groups is 1. The van der Waals surface area contributed by atoms with Gasteiger partial charge >= 0.3 is 5.97 Å². The fraction of sp³-hybridized carbons (Fsp3) is 0.176. The Balaban J connectivity index is 1.58. The number of phenols is 1. The van der Waals surface area contributed by atoms with Gasteiger partial charge in [-0.05, 0) is 37.3 Å². The molecule has 0 atom stereocenters. The van der Waals surface area contributed by atoms with E-state index in [2.05, 4.69) is 20.5 Å². The van der Waals surface area contributed by atoms with E-state index in [1.165, 1.54) is 0 Å². The Labute approximate surface area is 152 Å². The number of aromatic carboxylic acids is 1. The van der Waals surface area contributed by atoms with Crippen molar-refractivity contribution in [3.8, 4) is 17.0 Å². The SMILES string of the molecule is Cc1nc(CCNC(=O)c2cc(-c3ccc(O)cc3)n[nH]2)sc1C(=O)O. The molecule has 1 amide bonds. The van der Waals surface area contributed by atoms with Gasteiger partial charge in [0.25, 0.3) is 5.91 Å². The molecule has 9 heteroatoms. The van der Waals surface area contributed by atoms with E-state index in [9.17, 15) is 14.7 Å². The first-order chi connectivity index (χ1) is 12.4. The van der Waals surface area contributed by atoms with Crippen molar-refractivity contribution in [2.75, 3.05) is 6.54 Å². The Hall–Kier alpha value is -3.20. The highest BCUT2D eigenvalue weighted by Gasteiger charge is 2.15. The molecule has 3 rings (SSSR count). The molecule has 0 saturated carbocycles. The second kappa shape index (κ2) is 7.36. The van der Waals surface area contributed by atoms with Crippen LogP contribution in [0, 0.1) is 6.92 Å².